The van der Waals surface area contributed by atoms with Gasteiger partial charge in [0.05, 0.1) is 24.0 Å². The number of rotatable bonds is 3. The molecule has 0 unspecified atom stereocenters. The van der Waals surface area contributed by atoms with Crippen LogP contribution < -0.4 is 10.6 Å². The van der Waals surface area contributed by atoms with Gasteiger partial charge < -0.3 is 10.6 Å². The number of aryl methyl sites for hydroxylation is 1. The maximum absolute atomic E-state index is 12.4. The maximum atomic E-state index is 12.4. The van der Waals surface area contributed by atoms with E-state index in [2.05, 4.69) is 25.7 Å². The molecule has 1 aliphatic rings. The summed E-state index contributed by atoms with van der Waals surface area (Å²) in [6.45, 7) is 0.891. The van der Waals surface area contributed by atoms with Gasteiger partial charge in [0.2, 0.25) is 5.91 Å². The monoisotopic (exact) mass is 336 g/mol. The molecule has 25 heavy (non-hydrogen) atoms. The fourth-order valence-electron chi connectivity index (χ4n) is 3.12. The minimum absolute atomic E-state index is 0.0251. The van der Waals surface area contributed by atoms with E-state index in [1.54, 1.807) is 10.9 Å². The van der Waals surface area contributed by atoms with Crippen molar-refractivity contribution >= 4 is 22.6 Å². The topological polar surface area (TPSA) is 84.7 Å². The fraction of sp³-hybridized carbons (Fsp3) is 0.333. The van der Waals surface area contributed by atoms with Crippen LogP contribution >= 0.6 is 0 Å². The molecule has 128 valence electrons. The molecule has 0 spiro atoms. The second-order valence-corrected chi connectivity index (χ2v) is 6.38. The summed E-state index contributed by atoms with van der Waals surface area (Å²) < 4.78 is 1.76. The van der Waals surface area contributed by atoms with Gasteiger partial charge >= 0.3 is 0 Å². The lowest BCUT2D eigenvalue weighted by Gasteiger charge is -2.22. The molecule has 4 heterocycles. The van der Waals surface area contributed by atoms with E-state index in [-0.39, 0.29) is 11.9 Å². The van der Waals surface area contributed by atoms with Gasteiger partial charge in [0.25, 0.3) is 0 Å². The number of piperidine rings is 1. The van der Waals surface area contributed by atoms with Crippen molar-refractivity contribution < 1.29 is 4.79 Å². The summed E-state index contributed by atoms with van der Waals surface area (Å²) in [6, 6.07) is 3.77. The van der Waals surface area contributed by atoms with Crippen molar-refractivity contribution in [1.82, 2.24) is 25.1 Å². The van der Waals surface area contributed by atoms with E-state index in [0.29, 0.717) is 5.82 Å². The Morgan fingerprint density at radius 3 is 2.88 bits per heavy atom. The third kappa shape index (κ3) is 3.36. The molecule has 0 bridgehead atoms. The molecule has 1 aliphatic heterocycles. The number of pyridine rings is 2. The fourth-order valence-corrected chi connectivity index (χ4v) is 3.12. The quantitative estimate of drug-likeness (QED) is 0.765. The predicted molar refractivity (Wildman–Crippen MR) is 96.0 cm³/mol. The van der Waals surface area contributed by atoms with E-state index in [4.69, 9.17) is 0 Å². The minimum Gasteiger partial charge on any atom is -0.309 e. The van der Waals surface area contributed by atoms with Crippen LogP contribution in [0.1, 0.15) is 19.3 Å². The first-order chi connectivity index (χ1) is 12.2. The summed E-state index contributed by atoms with van der Waals surface area (Å²) >= 11 is 0. The molecule has 0 aliphatic carbocycles. The second-order valence-electron chi connectivity index (χ2n) is 6.38. The number of hydrogen-bond acceptors (Lipinski definition) is 5. The average Bonchev–Trinajstić information content (AvgIpc) is 3.08. The first-order valence-corrected chi connectivity index (χ1v) is 8.48. The van der Waals surface area contributed by atoms with Gasteiger partial charge in [-0.25, -0.2) is 4.98 Å². The number of amides is 1. The van der Waals surface area contributed by atoms with Crippen molar-refractivity contribution in [1.29, 1.82) is 0 Å². The van der Waals surface area contributed by atoms with Crippen LogP contribution in [0.25, 0.3) is 22.0 Å². The number of hydrogen-bond donors (Lipinski definition) is 2. The van der Waals surface area contributed by atoms with E-state index >= 15 is 0 Å². The molecule has 1 fully saturated rings. The van der Waals surface area contributed by atoms with E-state index in [9.17, 15) is 4.79 Å². The molecule has 0 radical (unpaired) electrons. The van der Waals surface area contributed by atoms with Gasteiger partial charge in [-0.05, 0) is 31.5 Å². The van der Waals surface area contributed by atoms with Crippen LogP contribution in [-0.4, -0.2) is 38.2 Å². The molecule has 3 aromatic rings. The first kappa shape index (κ1) is 15.7. The molecular formula is C18H20N6O. The Balaban J connectivity index is 1.59. The lowest BCUT2D eigenvalue weighted by molar-refractivity contribution is -0.118. The number of anilines is 1. The van der Waals surface area contributed by atoms with Crippen molar-refractivity contribution in [3.05, 3.63) is 36.9 Å². The summed E-state index contributed by atoms with van der Waals surface area (Å²) in [4.78, 5) is 21.1. The smallest absolute Gasteiger partial charge is 0.242 e. The number of fused-ring (bicyclic) bond motifs is 1. The van der Waals surface area contributed by atoms with Crippen molar-refractivity contribution in [2.45, 2.75) is 25.3 Å². The minimum atomic E-state index is -0.133. The van der Waals surface area contributed by atoms with Crippen molar-refractivity contribution in [2.24, 2.45) is 7.05 Å². The van der Waals surface area contributed by atoms with Crippen molar-refractivity contribution in [2.75, 3.05) is 11.9 Å². The molecule has 4 rings (SSSR count). The van der Waals surface area contributed by atoms with E-state index in [0.717, 1.165) is 47.8 Å². The van der Waals surface area contributed by atoms with Gasteiger partial charge in [-0.3, -0.25) is 14.5 Å². The SMILES string of the molecule is Cn1cc(-c2cnc3cnc(NC(=O)[C@@H]4CCCCN4)cc3c2)cn1. The Bertz CT molecular complexity index is 913. The highest BCUT2D eigenvalue weighted by atomic mass is 16.2. The predicted octanol–water partition coefficient (Wildman–Crippen LogP) is 2.11. The van der Waals surface area contributed by atoms with Crippen LogP contribution in [0.3, 0.4) is 0 Å². The number of carbonyl (C=O) groups is 1. The van der Waals surface area contributed by atoms with E-state index in [1.807, 2.05) is 37.8 Å². The highest BCUT2D eigenvalue weighted by Crippen LogP contribution is 2.23. The summed E-state index contributed by atoms with van der Waals surface area (Å²) in [7, 11) is 1.88. The summed E-state index contributed by atoms with van der Waals surface area (Å²) in [5, 5.41) is 11.3. The Kier molecular flexibility index (Phi) is 4.15. The molecule has 3 aromatic heterocycles. The van der Waals surface area contributed by atoms with Gasteiger partial charge in [0, 0.05) is 36.0 Å². The van der Waals surface area contributed by atoms with Gasteiger partial charge in [-0.15, -0.1) is 0 Å². The van der Waals surface area contributed by atoms with Crippen molar-refractivity contribution in [3.63, 3.8) is 0 Å². The molecule has 1 saturated heterocycles. The van der Waals surface area contributed by atoms with Gasteiger partial charge in [0.15, 0.2) is 0 Å². The molecule has 7 heteroatoms. The van der Waals surface area contributed by atoms with E-state index < -0.39 is 0 Å². The Labute approximate surface area is 145 Å². The summed E-state index contributed by atoms with van der Waals surface area (Å²) in [6.07, 6.45) is 10.3. The number of nitrogens with one attached hydrogen (secondary N) is 2. The van der Waals surface area contributed by atoms with Crippen LogP contribution in [0, 0.1) is 0 Å². The third-order valence-corrected chi connectivity index (χ3v) is 4.48. The Morgan fingerprint density at radius 2 is 2.12 bits per heavy atom. The zero-order valence-electron chi connectivity index (χ0n) is 14.1. The highest BCUT2D eigenvalue weighted by molar-refractivity contribution is 5.96. The third-order valence-electron chi connectivity index (χ3n) is 4.48. The van der Waals surface area contributed by atoms with Crippen LogP contribution in [0.15, 0.2) is 36.9 Å². The molecule has 7 nitrogen and oxygen atoms in total. The number of nitrogens with zero attached hydrogens (tertiary/aromatic N) is 4. The number of aromatic nitrogens is 4. The standard InChI is InChI=1S/C18H20N6O/c1-24-11-14(9-22-24)13-6-12-7-17(21-10-16(12)20-8-13)23-18(25)15-4-2-3-5-19-15/h6-11,15,19H,2-5H2,1H3,(H,21,23,25)/t15-/m0/s1. The summed E-state index contributed by atoms with van der Waals surface area (Å²) in [5.74, 6) is 0.526. The average molecular weight is 336 g/mol. The van der Waals surface area contributed by atoms with Gasteiger partial charge in [0.1, 0.15) is 5.82 Å². The number of carbonyl (C=O) groups excluding carboxylic acids is 1. The lowest BCUT2D eigenvalue weighted by Crippen LogP contribution is -2.43. The van der Waals surface area contributed by atoms with Crippen molar-refractivity contribution in [3.8, 4) is 11.1 Å². The molecule has 0 saturated carbocycles. The van der Waals surface area contributed by atoms with Gasteiger partial charge in [-0.2, -0.15) is 5.10 Å². The van der Waals surface area contributed by atoms with Crippen LogP contribution in [0.2, 0.25) is 0 Å². The van der Waals surface area contributed by atoms with Crippen LogP contribution in [-0.2, 0) is 11.8 Å². The second kappa shape index (κ2) is 6.60. The highest BCUT2D eigenvalue weighted by Gasteiger charge is 2.20. The lowest BCUT2D eigenvalue weighted by atomic mass is 10.0. The zero-order chi connectivity index (χ0) is 17.2. The molecule has 2 N–H and O–H groups in total. The largest absolute Gasteiger partial charge is 0.309 e. The first-order valence-electron chi connectivity index (χ1n) is 8.48. The Morgan fingerprint density at radius 1 is 1.20 bits per heavy atom. The Hall–Kier alpha value is -2.80. The maximum Gasteiger partial charge on any atom is 0.242 e. The molecule has 1 amide bonds. The molecular weight excluding hydrogens is 316 g/mol. The molecule has 0 aromatic carbocycles. The van der Waals surface area contributed by atoms with Gasteiger partial charge in [-0.1, -0.05) is 6.42 Å². The zero-order valence-corrected chi connectivity index (χ0v) is 14.1. The normalized spacial score (nSPS) is 17.6. The molecule has 1 atom stereocenters. The summed E-state index contributed by atoms with van der Waals surface area (Å²) in [5.41, 5.74) is 2.78. The van der Waals surface area contributed by atoms with Crippen LogP contribution in [0.5, 0.6) is 0 Å². The van der Waals surface area contributed by atoms with Crippen LogP contribution in [0.4, 0.5) is 5.82 Å². The van der Waals surface area contributed by atoms with E-state index in [1.165, 1.54) is 0 Å².